The van der Waals surface area contributed by atoms with Crippen molar-refractivity contribution in [3.05, 3.63) is 45.0 Å². The molecule has 37 heavy (non-hydrogen) atoms. The van der Waals surface area contributed by atoms with Crippen molar-refractivity contribution in [1.29, 1.82) is 0 Å². The number of ether oxygens (including phenoxy) is 4. The zero-order chi connectivity index (χ0) is 28.0. The van der Waals surface area contributed by atoms with E-state index in [1.165, 1.54) is 25.2 Å². The number of nitrogens with zero attached hydrogens (tertiary/aromatic N) is 1. The Morgan fingerprint density at radius 1 is 1.24 bits per heavy atom. The summed E-state index contributed by atoms with van der Waals surface area (Å²) in [6, 6.07) is 1.14. The fourth-order valence-corrected chi connectivity index (χ4v) is 4.69. The van der Waals surface area contributed by atoms with Gasteiger partial charge in [0, 0.05) is 19.4 Å². The number of aromatic nitrogens is 2. The van der Waals surface area contributed by atoms with Crippen LogP contribution < -0.4 is 11.2 Å². The lowest BCUT2D eigenvalue weighted by Crippen LogP contribution is -2.38. The highest BCUT2D eigenvalue weighted by Crippen LogP contribution is 2.49. The summed E-state index contributed by atoms with van der Waals surface area (Å²) >= 11 is 0. The number of carbonyl (C=O) groups is 1. The minimum absolute atomic E-state index is 0.121. The van der Waals surface area contributed by atoms with E-state index in [-0.39, 0.29) is 25.0 Å². The summed E-state index contributed by atoms with van der Waals surface area (Å²) in [5.74, 6) is 0.829. The van der Waals surface area contributed by atoms with Gasteiger partial charge in [-0.05, 0) is 38.1 Å². The van der Waals surface area contributed by atoms with Gasteiger partial charge in [0.05, 0.1) is 18.2 Å². The number of H-pyrrole nitrogens is 1. The predicted molar refractivity (Wildman–Crippen MR) is 135 cm³/mol. The van der Waals surface area contributed by atoms with E-state index >= 15 is 0 Å². The Hall–Kier alpha value is -2.08. The zero-order valence-electron chi connectivity index (χ0n) is 22.5. The highest BCUT2D eigenvalue weighted by Gasteiger charge is 2.44. The van der Waals surface area contributed by atoms with Crippen LogP contribution in [0.15, 0.2) is 33.7 Å². The van der Waals surface area contributed by atoms with Crippen LogP contribution in [0, 0.1) is 10.8 Å². The molecule has 2 unspecified atom stereocenters. The molecule has 1 aromatic heterocycles. The lowest BCUT2D eigenvalue weighted by molar-refractivity contribution is -0.152. The van der Waals surface area contributed by atoms with Crippen LogP contribution in [0.5, 0.6) is 0 Å². The average molecular weight is 547 g/mol. The van der Waals surface area contributed by atoms with Crippen molar-refractivity contribution in [2.45, 2.75) is 66.1 Å². The Kier molecular flexibility index (Phi) is 10.6. The first-order chi connectivity index (χ1) is 17.1. The van der Waals surface area contributed by atoms with E-state index in [4.69, 9.17) is 23.5 Å². The number of nitrogens with one attached hydrogen (secondary N) is 1. The monoisotopic (exact) mass is 546 g/mol. The molecule has 12 nitrogen and oxygen atoms in total. The lowest BCUT2D eigenvalue weighted by atomic mass is 9.97. The third-order valence-corrected chi connectivity index (χ3v) is 7.26. The van der Waals surface area contributed by atoms with E-state index in [0.717, 1.165) is 10.6 Å². The zero-order valence-corrected chi connectivity index (χ0v) is 23.4. The maximum Gasteiger partial charge on any atom is 0.330 e. The smallest absolute Gasteiger partial charge is 0.330 e. The van der Waals surface area contributed by atoms with Gasteiger partial charge in [0.1, 0.15) is 24.9 Å². The van der Waals surface area contributed by atoms with Crippen LogP contribution in [0.1, 0.15) is 47.8 Å². The summed E-state index contributed by atoms with van der Waals surface area (Å²) < 4.78 is 42.2. The van der Waals surface area contributed by atoms with Gasteiger partial charge in [0.2, 0.25) is 7.37 Å². The van der Waals surface area contributed by atoms with Gasteiger partial charge in [0.15, 0.2) is 13.0 Å². The maximum absolute atomic E-state index is 13.6. The van der Waals surface area contributed by atoms with Crippen molar-refractivity contribution < 1.29 is 37.9 Å². The molecule has 0 aliphatic carbocycles. The summed E-state index contributed by atoms with van der Waals surface area (Å²) in [7, 11) is -2.21. The van der Waals surface area contributed by atoms with Gasteiger partial charge in [-0.2, -0.15) is 0 Å². The van der Waals surface area contributed by atoms with E-state index in [2.05, 4.69) is 4.98 Å². The van der Waals surface area contributed by atoms with Gasteiger partial charge in [-0.25, -0.2) is 4.79 Å². The van der Waals surface area contributed by atoms with Gasteiger partial charge in [-0.3, -0.25) is 28.2 Å². The topological polar surface area (TPSA) is 155 Å². The van der Waals surface area contributed by atoms with E-state index < -0.39 is 54.5 Å². The molecule has 0 bridgehead atoms. The molecule has 1 aromatic rings. The second-order valence-corrected chi connectivity index (χ2v) is 13.5. The Labute approximate surface area is 216 Å². The molecule has 5 atom stereocenters. The SMILES string of the molecule is CO[C@H]1C(O)[C@@H](/C=C/P(=O)(CCOC(=O)C(C)(C)C)OCOCC(C)(C)C)O[C@H]1n1ccc(=O)[nH]c1=O. The molecule has 0 spiro atoms. The van der Waals surface area contributed by atoms with Crippen molar-refractivity contribution in [2.75, 3.05) is 33.3 Å². The van der Waals surface area contributed by atoms with Gasteiger partial charge in [0.25, 0.3) is 5.56 Å². The molecular weight excluding hydrogens is 507 g/mol. The van der Waals surface area contributed by atoms with E-state index in [0.29, 0.717) is 6.61 Å². The fourth-order valence-electron chi connectivity index (χ4n) is 3.30. The number of hydrogen-bond donors (Lipinski definition) is 2. The highest BCUT2D eigenvalue weighted by atomic mass is 31.2. The Morgan fingerprint density at radius 2 is 1.92 bits per heavy atom. The Balaban J connectivity index is 2.19. The third kappa shape index (κ3) is 9.31. The molecular formula is C24H39N2O10P. The largest absolute Gasteiger partial charge is 0.465 e. The second kappa shape index (κ2) is 12.6. The van der Waals surface area contributed by atoms with Crippen LogP contribution >= 0.6 is 7.37 Å². The quantitative estimate of drug-likeness (QED) is 0.183. The van der Waals surface area contributed by atoms with E-state index in [1.807, 2.05) is 20.8 Å². The Bertz CT molecular complexity index is 1100. The Morgan fingerprint density at radius 3 is 2.49 bits per heavy atom. The number of aromatic amines is 1. The number of methoxy groups -OCH3 is 1. The van der Waals surface area contributed by atoms with E-state index in [9.17, 15) is 24.1 Å². The number of carbonyl (C=O) groups excluding carboxylic acids is 1. The number of esters is 1. The molecule has 2 heterocycles. The number of hydrogen-bond acceptors (Lipinski definition) is 10. The molecule has 0 saturated carbocycles. The molecule has 210 valence electrons. The molecule has 1 aliphatic heterocycles. The first-order valence-corrected chi connectivity index (χ1v) is 13.8. The molecule has 1 aliphatic rings. The van der Waals surface area contributed by atoms with Crippen molar-refractivity contribution >= 4 is 13.3 Å². The summed E-state index contributed by atoms with van der Waals surface area (Å²) in [4.78, 5) is 37.9. The number of aliphatic hydroxyl groups is 1. The van der Waals surface area contributed by atoms with Crippen LogP contribution in [0.2, 0.25) is 0 Å². The third-order valence-electron chi connectivity index (χ3n) is 5.29. The van der Waals surface area contributed by atoms with Gasteiger partial charge in [-0.1, -0.05) is 20.8 Å². The van der Waals surface area contributed by atoms with Gasteiger partial charge in [-0.15, -0.1) is 0 Å². The summed E-state index contributed by atoms with van der Waals surface area (Å²) in [5, 5.41) is 10.8. The van der Waals surface area contributed by atoms with Crippen LogP contribution in [0.25, 0.3) is 0 Å². The van der Waals surface area contributed by atoms with Gasteiger partial charge < -0.3 is 24.1 Å². The van der Waals surface area contributed by atoms with Gasteiger partial charge >= 0.3 is 11.7 Å². The molecule has 2 rings (SSSR count). The van der Waals surface area contributed by atoms with Crippen molar-refractivity contribution in [3.63, 3.8) is 0 Å². The fraction of sp³-hybridized carbons (Fsp3) is 0.708. The maximum atomic E-state index is 13.6. The average Bonchev–Trinajstić information content (AvgIpc) is 3.09. The normalized spacial score (nSPS) is 24.3. The molecule has 1 saturated heterocycles. The van der Waals surface area contributed by atoms with Crippen LogP contribution in [-0.4, -0.2) is 72.2 Å². The summed E-state index contributed by atoms with van der Waals surface area (Å²) in [6.07, 6.45) is -1.77. The number of aliphatic hydroxyl groups excluding tert-OH is 1. The number of rotatable bonds is 11. The minimum atomic E-state index is -3.56. The minimum Gasteiger partial charge on any atom is -0.465 e. The highest BCUT2D eigenvalue weighted by molar-refractivity contribution is 7.62. The van der Waals surface area contributed by atoms with Crippen molar-refractivity contribution in [3.8, 4) is 0 Å². The first-order valence-electron chi connectivity index (χ1n) is 11.9. The van der Waals surface area contributed by atoms with Crippen molar-refractivity contribution in [1.82, 2.24) is 9.55 Å². The molecule has 0 radical (unpaired) electrons. The van der Waals surface area contributed by atoms with Crippen LogP contribution in [-0.2, 0) is 32.8 Å². The van der Waals surface area contributed by atoms with Crippen LogP contribution in [0.4, 0.5) is 0 Å². The molecule has 13 heteroatoms. The van der Waals surface area contributed by atoms with Crippen molar-refractivity contribution in [2.24, 2.45) is 10.8 Å². The molecule has 0 aromatic carbocycles. The molecule has 1 fully saturated rings. The second-order valence-electron chi connectivity index (χ2n) is 11.0. The lowest BCUT2D eigenvalue weighted by Gasteiger charge is -2.21. The molecule has 0 amide bonds. The first kappa shape index (κ1) is 31.1. The molecule has 2 N–H and O–H groups in total. The predicted octanol–water partition coefficient (Wildman–Crippen LogP) is 2.23. The standard InChI is InChI=1S/C24H39N2O10P/c1-23(2,3)14-33-15-35-37(31,13-11-34-21(29)24(4,5)6)12-9-16-18(28)19(32-7)20(36-16)26-10-8-17(27)25-22(26)30/h8-10,12,16,18-20,28H,11,13-15H2,1-7H3,(H,25,27,30)/b12-9+/t16-,18?,19+,20-,37?/m1/s1. The summed E-state index contributed by atoms with van der Waals surface area (Å²) in [5.41, 5.74) is -2.16. The van der Waals surface area contributed by atoms with Crippen LogP contribution in [0.3, 0.4) is 0 Å². The van der Waals surface area contributed by atoms with E-state index in [1.54, 1.807) is 20.8 Å². The summed E-state index contributed by atoms with van der Waals surface area (Å²) in [6.45, 7) is 11.0.